The molecule has 1 heterocycles. The van der Waals surface area contributed by atoms with E-state index in [-0.39, 0.29) is 5.75 Å². The molecule has 5 N–H and O–H groups in total. The van der Waals surface area contributed by atoms with E-state index >= 15 is 0 Å². The summed E-state index contributed by atoms with van der Waals surface area (Å²) in [6.07, 6.45) is -5.19. The molecule has 5 atom stereocenters. The Morgan fingerprint density at radius 3 is 2.40 bits per heavy atom. The monoisotopic (exact) mass is 360 g/mol. The lowest BCUT2D eigenvalue weighted by atomic mass is 9.99. The Morgan fingerprint density at radius 2 is 1.88 bits per heavy atom. The molecule has 0 saturated carbocycles. The summed E-state index contributed by atoms with van der Waals surface area (Å²) in [4.78, 5) is 10.2. The SMILES string of the molecule is CCOC1O[C@H](CO)[C@@H](O)[C@H](O)[C@H]1O.COc1cc(C=O)ccc1O. The zero-order valence-corrected chi connectivity index (χ0v) is 14.0. The van der Waals surface area contributed by atoms with Crippen LogP contribution < -0.4 is 4.74 Å². The molecule has 0 radical (unpaired) electrons. The number of benzene rings is 1. The van der Waals surface area contributed by atoms with Crippen molar-refractivity contribution in [1.29, 1.82) is 0 Å². The minimum absolute atomic E-state index is 0.0399. The highest BCUT2D eigenvalue weighted by Crippen LogP contribution is 2.25. The van der Waals surface area contributed by atoms with Crippen molar-refractivity contribution in [3.8, 4) is 11.5 Å². The van der Waals surface area contributed by atoms with E-state index in [2.05, 4.69) is 0 Å². The number of ether oxygens (including phenoxy) is 3. The number of aliphatic hydroxyl groups is 4. The molecule has 0 aromatic heterocycles. The Balaban J connectivity index is 0.000000257. The lowest BCUT2D eigenvalue weighted by molar-refractivity contribution is -0.300. The van der Waals surface area contributed by atoms with Gasteiger partial charge in [0.1, 0.15) is 30.7 Å². The van der Waals surface area contributed by atoms with Crippen LogP contribution in [0.25, 0.3) is 0 Å². The molecule has 1 aliphatic rings. The first-order valence-corrected chi connectivity index (χ1v) is 7.63. The number of carbonyl (C=O) groups excluding carboxylic acids is 1. The van der Waals surface area contributed by atoms with Crippen LogP contribution in [0.5, 0.6) is 11.5 Å². The first kappa shape index (κ1) is 21.3. The van der Waals surface area contributed by atoms with Crippen molar-refractivity contribution in [2.24, 2.45) is 0 Å². The van der Waals surface area contributed by atoms with Gasteiger partial charge in [-0.3, -0.25) is 4.79 Å². The molecule has 142 valence electrons. The predicted molar refractivity (Wildman–Crippen MR) is 85.4 cm³/mol. The third-order valence-electron chi connectivity index (χ3n) is 3.52. The van der Waals surface area contributed by atoms with Gasteiger partial charge < -0.3 is 39.7 Å². The topological polar surface area (TPSA) is 146 Å². The van der Waals surface area contributed by atoms with Crippen LogP contribution in [-0.4, -0.2) is 82.8 Å². The number of phenols is 1. The molecule has 2 rings (SSSR count). The fourth-order valence-electron chi connectivity index (χ4n) is 2.14. The quantitative estimate of drug-likeness (QED) is 0.419. The van der Waals surface area contributed by atoms with Crippen molar-refractivity contribution in [2.75, 3.05) is 20.3 Å². The molecule has 1 unspecified atom stereocenters. The first-order valence-electron chi connectivity index (χ1n) is 7.63. The molecule has 0 bridgehead atoms. The summed E-state index contributed by atoms with van der Waals surface area (Å²) in [6, 6.07) is 4.41. The normalized spacial score (nSPS) is 28.6. The van der Waals surface area contributed by atoms with Gasteiger partial charge in [-0.2, -0.15) is 0 Å². The lowest BCUT2D eigenvalue weighted by Crippen LogP contribution is -2.59. The van der Waals surface area contributed by atoms with E-state index in [1.54, 1.807) is 6.92 Å². The maximum atomic E-state index is 10.2. The zero-order chi connectivity index (χ0) is 19.0. The number of aliphatic hydroxyl groups excluding tert-OH is 4. The highest BCUT2D eigenvalue weighted by Gasteiger charge is 2.43. The third-order valence-corrected chi connectivity index (χ3v) is 3.52. The Hall–Kier alpha value is -1.75. The molecule has 9 nitrogen and oxygen atoms in total. The molecule has 1 aromatic carbocycles. The second kappa shape index (κ2) is 10.3. The second-order valence-electron chi connectivity index (χ2n) is 5.20. The third kappa shape index (κ3) is 5.63. The Morgan fingerprint density at radius 1 is 1.20 bits per heavy atom. The summed E-state index contributed by atoms with van der Waals surface area (Å²) in [7, 11) is 1.43. The first-order chi connectivity index (χ1) is 11.9. The Kier molecular flexibility index (Phi) is 8.76. The van der Waals surface area contributed by atoms with Gasteiger partial charge in [-0.25, -0.2) is 0 Å². The number of aromatic hydroxyl groups is 1. The van der Waals surface area contributed by atoms with E-state index in [0.29, 0.717) is 24.2 Å². The van der Waals surface area contributed by atoms with Crippen molar-refractivity contribution < 1.29 is 44.5 Å². The Bertz CT molecular complexity index is 532. The molecule has 1 saturated heterocycles. The number of hydrogen-bond acceptors (Lipinski definition) is 9. The summed E-state index contributed by atoms with van der Waals surface area (Å²) < 4.78 is 14.8. The van der Waals surface area contributed by atoms with Gasteiger partial charge >= 0.3 is 0 Å². The van der Waals surface area contributed by atoms with Crippen molar-refractivity contribution >= 4 is 6.29 Å². The smallest absolute Gasteiger partial charge is 0.186 e. The molecule has 1 aliphatic heterocycles. The van der Waals surface area contributed by atoms with Gasteiger partial charge in [0.15, 0.2) is 17.8 Å². The van der Waals surface area contributed by atoms with Crippen LogP contribution in [0.4, 0.5) is 0 Å². The maximum absolute atomic E-state index is 10.2. The molecule has 0 spiro atoms. The molecule has 9 heteroatoms. The lowest BCUT2D eigenvalue weighted by Gasteiger charge is -2.39. The molecular weight excluding hydrogens is 336 g/mol. The van der Waals surface area contributed by atoms with E-state index in [1.807, 2.05) is 0 Å². The van der Waals surface area contributed by atoms with Crippen LogP contribution in [-0.2, 0) is 9.47 Å². The van der Waals surface area contributed by atoms with Crippen LogP contribution in [0.15, 0.2) is 18.2 Å². The highest BCUT2D eigenvalue weighted by atomic mass is 16.7. The average Bonchev–Trinajstić information content (AvgIpc) is 2.63. The second-order valence-corrected chi connectivity index (χ2v) is 5.20. The van der Waals surface area contributed by atoms with Crippen molar-refractivity contribution in [3.05, 3.63) is 23.8 Å². The number of aldehydes is 1. The van der Waals surface area contributed by atoms with E-state index in [1.165, 1.54) is 25.3 Å². The van der Waals surface area contributed by atoms with Crippen LogP contribution in [0.1, 0.15) is 17.3 Å². The molecule has 0 aliphatic carbocycles. The van der Waals surface area contributed by atoms with Crippen molar-refractivity contribution in [2.45, 2.75) is 37.6 Å². The van der Waals surface area contributed by atoms with Crippen molar-refractivity contribution in [1.82, 2.24) is 0 Å². The number of methoxy groups -OCH3 is 1. The summed E-state index contributed by atoms with van der Waals surface area (Å²) in [6.45, 7) is 1.58. The zero-order valence-electron chi connectivity index (χ0n) is 14.0. The molecule has 1 fully saturated rings. The Labute approximate surface area is 145 Å². The van der Waals surface area contributed by atoms with Crippen LogP contribution >= 0.6 is 0 Å². The molecule has 25 heavy (non-hydrogen) atoms. The number of carbonyl (C=O) groups is 1. The number of hydrogen-bond donors (Lipinski definition) is 5. The van der Waals surface area contributed by atoms with Gasteiger partial charge in [-0.15, -0.1) is 0 Å². The van der Waals surface area contributed by atoms with Crippen LogP contribution in [0.2, 0.25) is 0 Å². The molecule has 0 amide bonds. The van der Waals surface area contributed by atoms with E-state index in [9.17, 15) is 20.1 Å². The van der Waals surface area contributed by atoms with Crippen molar-refractivity contribution in [3.63, 3.8) is 0 Å². The molecular formula is C16H24O9. The van der Waals surface area contributed by atoms with Gasteiger partial charge in [0.25, 0.3) is 0 Å². The minimum Gasteiger partial charge on any atom is -0.504 e. The molecule has 1 aromatic rings. The van der Waals surface area contributed by atoms with E-state index in [0.717, 1.165) is 0 Å². The average molecular weight is 360 g/mol. The summed E-state index contributed by atoms with van der Waals surface area (Å²) in [5, 5.41) is 46.0. The highest BCUT2D eigenvalue weighted by molar-refractivity contribution is 5.76. The van der Waals surface area contributed by atoms with Crippen LogP contribution in [0, 0.1) is 0 Å². The maximum Gasteiger partial charge on any atom is 0.186 e. The van der Waals surface area contributed by atoms with Gasteiger partial charge in [0, 0.05) is 12.2 Å². The minimum atomic E-state index is -1.36. The predicted octanol–water partition coefficient (Wildman–Crippen LogP) is -0.964. The van der Waals surface area contributed by atoms with Crippen LogP contribution in [0.3, 0.4) is 0 Å². The fraction of sp³-hybridized carbons (Fsp3) is 0.562. The number of rotatable bonds is 5. The van der Waals surface area contributed by atoms with E-state index < -0.39 is 37.3 Å². The van der Waals surface area contributed by atoms with Gasteiger partial charge in [-0.05, 0) is 25.1 Å². The fourth-order valence-corrected chi connectivity index (χ4v) is 2.14. The standard InChI is InChI=1S/C8H16O6.C8H8O3/c1-2-13-8-7(12)6(11)5(10)4(3-9)14-8;1-11-8-4-6(5-9)2-3-7(8)10/h4-12H,2-3H2,1H3;2-5,10H,1H3/t4-,5-,6+,7-,8?;/m1./s1. The van der Waals surface area contributed by atoms with Gasteiger partial charge in [-0.1, -0.05) is 0 Å². The summed E-state index contributed by atoms with van der Waals surface area (Å²) >= 11 is 0. The summed E-state index contributed by atoms with van der Waals surface area (Å²) in [5.74, 6) is 0.354. The van der Waals surface area contributed by atoms with Gasteiger partial charge in [0.05, 0.1) is 13.7 Å². The number of phenolic OH excluding ortho intramolecular Hbond substituents is 1. The van der Waals surface area contributed by atoms with E-state index in [4.69, 9.17) is 24.4 Å². The largest absolute Gasteiger partial charge is 0.504 e. The summed E-state index contributed by atoms with van der Waals surface area (Å²) in [5.41, 5.74) is 0.486. The van der Waals surface area contributed by atoms with Gasteiger partial charge in [0.2, 0.25) is 0 Å².